The highest BCUT2D eigenvalue weighted by Gasteiger charge is 2.32. The number of carbonyl (C=O) groups is 2. The molecule has 1 aromatic carbocycles. The Labute approximate surface area is 163 Å². The molecule has 1 atom stereocenters. The molecule has 0 aliphatic heterocycles. The molecule has 1 heterocycles. The number of aryl methyl sites for hydroxylation is 1. The number of nitrogens with zero attached hydrogens (tertiary/aromatic N) is 2. The minimum absolute atomic E-state index is 0.228. The average molecular weight is 387 g/mol. The molecule has 1 aliphatic carbocycles. The molecular formula is C20H25N3O5. The lowest BCUT2D eigenvalue weighted by atomic mass is 9.88. The van der Waals surface area contributed by atoms with Crippen LogP contribution in [0.4, 0.5) is 0 Å². The fourth-order valence-corrected chi connectivity index (χ4v) is 3.13. The summed E-state index contributed by atoms with van der Waals surface area (Å²) in [6.07, 6.45) is 3.27. The van der Waals surface area contributed by atoms with Crippen molar-refractivity contribution in [3.05, 3.63) is 41.5 Å². The van der Waals surface area contributed by atoms with E-state index in [-0.39, 0.29) is 18.7 Å². The molecule has 1 aromatic heterocycles. The van der Waals surface area contributed by atoms with Crippen LogP contribution in [0.1, 0.15) is 62.2 Å². The highest BCUT2D eigenvalue weighted by atomic mass is 16.5. The molecule has 1 saturated carbocycles. The molecule has 150 valence electrons. The number of aliphatic carboxylic acids is 1. The van der Waals surface area contributed by atoms with Gasteiger partial charge >= 0.3 is 5.97 Å². The SMILES string of the molecule is COc1cccc(C(C)(CC(=O)O)NC(=O)CCCc2nc(C3CC3)no2)c1. The largest absolute Gasteiger partial charge is 0.497 e. The smallest absolute Gasteiger partial charge is 0.306 e. The van der Waals surface area contributed by atoms with E-state index in [0.29, 0.717) is 36.0 Å². The summed E-state index contributed by atoms with van der Waals surface area (Å²) in [6.45, 7) is 1.70. The number of benzene rings is 1. The molecule has 28 heavy (non-hydrogen) atoms. The van der Waals surface area contributed by atoms with Crippen molar-refractivity contribution >= 4 is 11.9 Å². The van der Waals surface area contributed by atoms with Crippen molar-refractivity contribution in [2.45, 2.75) is 56.9 Å². The van der Waals surface area contributed by atoms with Crippen LogP contribution in [-0.4, -0.2) is 34.2 Å². The van der Waals surface area contributed by atoms with Gasteiger partial charge in [0.05, 0.1) is 19.1 Å². The van der Waals surface area contributed by atoms with Gasteiger partial charge < -0.3 is 19.7 Å². The van der Waals surface area contributed by atoms with Crippen LogP contribution in [0, 0.1) is 0 Å². The van der Waals surface area contributed by atoms with Gasteiger partial charge in [0.25, 0.3) is 0 Å². The molecular weight excluding hydrogens is 362 g/mol. The van der Waals surface area contributed by atoms with E-state index in [1.807, 2.05) is 0 Å². The average Bonchev–Trinajstić information content (AvgIpc) is 3.40. The third-order valence-electron chi connectivity index (χ3n) is 4.85. The van der Waals surface area contributed by atoms with E-state index in [9.17, 15) is 14.7 Å². The van der Waals surface area contributed by atoms with Crippen LogP contribution in [-0.2, 0) is 21.5 Å². The van der Waals surface area contributed by atoms with Crippen molar-refractivity contribution in [3.8, 4) is 5.75 Å². The van der Waals surface area contributed by atoms with E-state index in [4.69, 9.17) is 9.26 Å². The Morgan fingerprint density at radius 1 is 1.39 bits per heavy atom. The summed E-state index contributed by atoms with van der Waals surface area (Å²) in [5, 5.41) is 16.1. The van der Waals surface area contributed by atoms with Crippen molar-refractivity contribution in [1.82, 2.24) is 15.5 Å². The summed E-state index contributed by atoms with van der Waals surface area (Å²) < 4.78 is 10.4. The predicted octanol–water partition coefficient (Wildman–Crippen LogP) is 2.78. The number of ether oxygens (including phenoxy) is 1. The lowest BCUT2D eigenvalue weighted by molar-refractivity contribution is -0.139. The topological polar surface area (TPSA) is 115 Å². The summed E-state index contributed by atoms with van der Waals surface area (Å²) >= 11 is 0. The lowest BCUT2D eigenvalue weighted by Crippen LogP contribution is -2.45. The van der Waals surface area contributed by atoms with Gasteiger partial charge in [0.15, 0.2) is 5.82 Å². The van der Waals surface area contributed by atoms with E-state index < -0.39 is 11.5 Å². The number of rotatable bonds is 10. The molecule has 1 amide bonds. The highest BCUT2D eigenvalue weighted by molar-refractivity contribution is 5.78. The van der Waals surface area contributed by atoms with Gasteiger partial charge in [-0.15, -0.1) is 0 Å². The molecule has 2 aromatic rings. The first-order valence-electron chi connectivity index (χ1n) is 9.39. The monoisotopic (exact) mass is 387 g/mol. The van der Waals surface area contributed by atoms with Crippen LogP contribution in [0.15, 0.2) is 28.8 Å². The summed E-state index contributed by atoms with van der Waals surface area (Å²) in [7, 11) is 1.54. The van der Waals surface area contributed by atoms with Gasteiger partial charge in [-0.25, -0.2) is 0 Å². The van der Waals surface area contributed by atoms with Crippen LogP contribution in [0.3, 0.4) is 0 Å². The second-order valence-electron chi connectivity index (χ2n) is 7.36. The van der Waals surface area contributed by atoms with E-state index in [2.05, 4.69) is 15.5 Å². The molecule has 3 rings (SSSR count). The minimum Gasteiger partial charge on any atom is -0.497 e. The highest BCUT2D eigenvalue weighted by Crippen LogP contribution is 2.38. The van der Waals surface area contributed by atoms with Gasteiger partial charge in [0, 0.05) is 18.8 Å². The first kappa shape index (κ1) is 19.9. The number of hydrogen-bond acceptors (Lipinski definition) is 6. The summed E-state index contributed by atoms with van der Waals surface area (Å²) in [5.74, 6) is 1.10. The molecule has 8 heteroatoms. The fraction of sp³-hybridized carbons (Fsp3) is 0.500. The molecule has 8 nitrogen and oxygen atoms in total. The third kappa shape index (κ3) is 5.09. The zero-order chi connectivity index (χ0) is 20.1. The standard InChI is InChI=1S/C20H25N3O5/c1-20(12-18(25)26,14-5-3-6-15(11-14)27-2)22-16(24)7-4-8-17-21-19(23-28-17)13-9-10-13/h3,5-6,11,13H,4,7-10,12H2,1-2H3,(H,22,24)(H,25,26). The zero-order valence-corrected chi connectivity index (χ0v) is 16.1. The van der Waals surface area contributed by atoms with Gasteiger partial charge in [0.1, 0.15) is 5.75 Å². The van der Waals surface area contributed by atoms with Crippen molar-refractivity contribution in [3.63, 3.8) is 0 Å². The first-order valence-corrected chi connectivity index (χ1v) is 9.39. The second kappa shape index (κ2) is 8.41. The van der Waals surface area contributed by atoms with E-state index in [0.717, 1.165) is 18.7 Å². The Morgan fingerprint density at radius 2 is 2.18 bits per heavy atom. The number of carbonyl (C=O) groups excluding carboxylic acids is 1. The van der Waals surface area contributed by atoms with Gasteiger partial charge in [-0.2, -0.15) is 4.98 Å². The Morgan fingerprint density at radius 3 is 2.86 bits per heavy atom. The normalized spacial score (nSPS) is 15.6. The molecule has 0 saturated heterocycles. The first-order chi connectivity index (χ1) is 13.4. The van der Waals surface area contributed by atoms with Crippen molar-refractivity contribution in [2.75, 3.05) is 7.11 Å². The quantitative estimate of drug-likeness (QED) is 0.644. The molecule has 2 N–H and O–H groups in total. The lowest BCUT2D eigenvalue weighted by Gasteiger charge is -2.30. The van der Waals surface area contributed by atoms with Gasteiger partial charge in [0.2, 0.25) is 11.8 Å². The number of amides is 1. The van der Waals surface area contributed by atoms with E-state index in [1.165, 1.54) is 0 Å². The number of carboxylic acids is 1. The Bertz CT molecular complexity index is 846. The Balaban J connectivity index is 1.59. The molecule has 0 radical (unpaired) electrons. The summed E-state index contributed by atoms with van der Waals surface area (Å²) in [4.78, 5) is 28.2. The molecule has 1 fully saturated rings. The van der Waals surface area contributed by atoms with Crippen LogP contribution >= 0.6 is 0 Å². The maximum atomic E-state index is 12.5. The number of methoxy groups -OCH3 is 1. The van der Waals surface area contributed by atoms with Crippen LogP contribution in [0.2, 0.25) is 0 Å². The number of hydrogen-bond donors (Lipinski definition) is 2. The Hall–Kier alpha value is -2.90. The van der Waals surface area contributed by atoms with Crippen LogP contribution in [0.25, 0.3) is 0 Å². The van der Waals surface area contributed by atoms with Crippen LogP contribution < -0.4 is 10.1 Å². The van der Waals surface area contributed by atoms with Crippen molar-refractivity contribution in [1.29, 1.82) is 0 Å². The van der Waals surface area contributed by atoms with Gasteiger partial charge in [-0.3, -0.25) is 9.59 Å². The molecule has 0 spiro atoms. The number of nitrogens with one attached hydrogen (secondary N) is 1. The zero-order valence-electron chi connectivity index (χ0n) is 16.1. The molecule has 1 aliphatic rings. The molecule has 1 unspecified atom stereocenters. The van der Waals surface area contributed by atoms with E-state index in [1.54, 1.807) is 38.3 Å². The Kier molecular flexibility index (Phi) is 5.96. The molecule has 0 bridgehead atoms. The number of carboxylic acid groups (broad SMARTS) is 1. The second-order valence-corrected chi connectivity index (χ2v) is 7.36. The summed E-state index contributed by atoms with van der Waals surface area (Å²) in [5.41, 5.74) is -0.366. The third-order valence-corrected chi connectivity index (χ3v) is 4.85. The fourth-order valence-electron chi connectivity index (χ4n) is 3.13. The van der Waals surface area contributed by atoms with Crippen LogP contribution in [0.5, 0.6) is 5.75 Å². The van der Waals surface area contributed by atoms with Crippen molar-refractivity contribution in [2.24, 2.45) is 0 Å². The predicted molar refractivity (Wildman–Crippen MR) is 100.0 cm³/mol. The van der Waals surface area contributed by atoms with E-state index >= 15 is 0 Å². The number of aromatic nitrogens is 2. The van der Waals surface area contributed by atoms with Gasteiger partial charge in [-0.05, 0) is 43.9 Å². The minimum atomic E-state index is -1.04. The maximum absolute atomic E-state index is 12.5. The van der Waals surface area contributed by atoms with Gasteiger partial charge in [-0.1, -0.05) is 17.3 Å². The summed E-state index contributed by atoms with van der Waals surface area (Å²) in [6, 6.07) is 7.06. The maximum Gasteiger partial charge on any atom is 0.306 e. The van der Waals surface area contributed by atoms with Crippen molar-refractivity contribution < 1.29 is 24.0 Å².